The van der Waals surface area contributed by atoms with Crippen molar-refractivity contribution in [2.75, 3.05) is 19.0 Å². The van der Waals surface area contributed by atoms with Gasteiger partial charge >= 0.3 is 12.1 Å². The third kappa shape index (κ3) is 4.29. The number of hydrogen-bond donors (Lipinski definition) is 2. The molecule has 2 fully saturated rings. The molecule has 2 aliphatic heterocycles. The van der Waals surface area contributed by atoms with Gasteiger partial charge in [-0.1, -0.05) is 6.07 Å². The van der Waals surface area contributed by atoms with Crippen molar-refractivity contribution < 1.29 is 32.7 Å². The number of methoxy groups -OCH3 is 1. The maximum Gasteiger partial charge on any atom is 0.411 e. The Labute approximate surface area is 223 Å². The Balaban J connectivity index is 1.24. The molecule has 2 N–H and O–H groups in total. The highest BCUT2D eigenvalue weighted by Crippen LogP contribution is 2.44. The van der Waals surface area contributed by atoms with Gasteiger partial charge in [0.15, 0.2) is 0 Å². The molecular formula is C28H28F2N4O5. The number of carbonyl (C=O) groups excluding carboxylic acids is 4. The second-order valence-corrected chi connectivity index (χ2v) is 10.7. The van der Waals surface area contributed by atoms with Crippen LogP contribution in [0.4, 0.5) is 24.1 Å². The average Bonchev–Trinajstić information content (AvgIpc) is 3.68. The number of urea groups is 1. The zero-order valence-corrected chi connectivity index (χ0v) is 21.4. The molecule has 1 saturated carbocycles. The van der Waals surface area contributed by atoms with Crippen LogP contribution in [0.2, 0.25) is 0 Å². The number of amides is 5. The summed E-state index contributed by atoms with van der Waals surface area (Å²) >= 11 is 0. The van der Waals surface area contributed by atoms with E-state index in [1.54, 1.807) is 11.0 Å². The van der Waals surface area contributed by atoms with Crippen LogP contribution >= 0.6 is 0 Å². The number of nitrogens with one attached hydrogen (secondary N) is 2. The summed E-state index contributed by atoms with van der Waals surface area (Å²) in [7, 11) is 1.16. The Bertz CT molecular complexity index is 1410. The third-order valence-electron chi connectivity index (χ3n) is 8.42. The fourth-order valence-corrected chi connectivity index (χ4v) is 6.27. The van der Waals surface area contributed by atoms with E-state index in [2.05, 4.69) is 15.4 Å². The van der Waals surface area contributed by atoms with Crippen molar-refractivity contribution >= 4 is 29.6 Å². The summed E-state index contributed by atoms with van der Waals surface area (Å²) in [5, 5.41) is 5.02. The molecule has 0 bridgehead atoms. The summed E-state index contributed by atoms with van der Waals surface area (Å²) in [6.45, 7) is -0.152. The number of anilines is 1. The highest BCUT2D eigenvalue weighted by atomic mass is 19.1. The lowest BCUT2D eigenvalue weighted by atomic mass is 9.91. The minimum absolute atomic E-state index is 0.0512. The van der Waals surface area contributed by atoms with Gasteiger partial charge in [0.25, 0.3) is 5.91 Å². The first-order valence-electron chi connectivity index (χ1n) is 13.1. The smallest absolute Gasteiger partial charge is 0.411 e. The van der Waals surface area contributed by atoms with Crippen molar-refractivity contribution in [3.63, 3.8) is 0 Å². The quantitative estimate of drug-likeness (QED) is 0.579. The van der Waals surface area contributed by atoms with Gasteiger partial charge in [-0.05, 0) is 91.0 Å². The van der Waals surface area contributed by atoms with Crippen molar-refractivity contribution in [1.82, 2.24) is 15.1 Å². The van der Waals surface area contributed by atoms with Gasteiger partial charge in [0, 0.05) is 12.6 Å². The molecule has 1 spiro atoms. The molecule has 2 aliphatic carbocycles. The van der Waals surface area contributed by atoms with E-state index < -0.39 is 35.9 Å². The van der Waals surface area contributed by atoms with Gasteiger partial charge in [-0.2, -0.15) is 0 Å². The Hall–Kier alpha value is -4.02. The second kappa shape index (κ2) is 9.32. The van der Waals surface area contributed by atoms with Crippen molar-refractivity contribution in [3.05, 3.63) is 64.2 Å². The van der Waals surface area contributed by atoms with Crippen LogP contribution in [-0.4, -0.2) is 53.4 Å². The second-order valence-electron chi connectivity index (χ2n) is 10.7. The maximum absolute atomic E-state index is 14.9. The Morgan fingerprint density at radius 3 is 2.62 bits per heavy atom. The van der Waals surface area contributed by atoms with Crippen LogP contribution in [0.1, 0.15) is 47.9 Å². The molecule has 2 heterocycles. The summed E-state index contributed by atoms with van der Waals surface area (Å²) in [5.41, 5.74) is 1.08. The molecule has 0 aromatic heterocycles. The molecule has 2 aromatic carbocycles. The van der Waals surface area contributed by atoms with Gasteiger partial charge in [0.2, 0.25) is 5.91 Å². The molecule has 2 aromatic rings. The first-order chi connectivity index (χ1) is 18.7. The topological polar surface area (TPSA) is 108 Å². The van der Waals surface area contributed by atoms with E-state index in [-0.39, 0.29) is 36.4 Å². The zero-order chi connectivity index (χ0) is 27.5. The van der Waals surface area contributed by atoms with Gasteiger partial charge in [-0.25, -0.2) is 18.4 Å². The van der Waals surface area contributed by atoms with Gasteiger partial charge in [0.1, 0.15) is 23.7 Å². The van der Waals surface area contributed by atoms with E-state index in [1.165, 1.54) is 18.2 Å². The molecular weight excluding hydrogens is 510 g/mol. The van der Waals surface area contributed by atoms with Crippen molar-refractivity contribution in [2.45, 2.75) is 56.7 Å². The highest BCUT2D eigenvalue weighted by Gasteiger charge is 2.56. The molecule has 4 aliphatic rings. The number of benzene rings is 2. The maximum atomic E-state index is 14.9. The van der Waals surface area contributed by atoms with E-state index in [9.17, 15) is 28.0 Å². The number of hydrogen-bond acceptors (Lipinski definition) is 5. The van der Waals surface area contributed by atoms with E-state index in [0.717, 1.165) is 42.0 Å². The SMILES string of the molecule is COC(=O)Nc1cc2c(cc1F)C1(CC2)NC(=O)N(CC(=O)N2Cc3ccc(F)cc3CCC2C2CC2)C1=O. The van der Waals surface area contributed by atoms with Crippen molar-refractivity contribution in [2.24, 2.45) is 5.92 Å². The number of nitrogens with zero attached hydrogens (tertiary/aromatic N) is 2. The standard InChI is InChI=1S/C28H28F2N4O5/c1-39-27(38)31-22-11-17-8-9-28(20(17)12-21(22)30)25(36)34(26(37)32-28)14-24(35)33-13-18-4-6-19(29)10-16(18)5-7-23(33)15-2-3-15/h4,6,10-12,15,23H,2-3,5,7-9,13-14H2,1H3,(H,31,38)(H,32,37). The van der Waals surface area contributed by atoms with Crippen LogP contribution in [0.25, 0.3) is 0 Å². The first-order valence-corrected chi connectivity index (χ1v) is 13.1. The van der Waals surface area contributed by atoms with E-state index in [4.69, 9.17) is 0 Å². The fraction of sp³-hybridized carbons (Fsp3) is 0.429. The van der Waals surface area contributed by atoms with E-state index in [0.29, 0.717) is 36.3 Å². The van der Waals surface area contributed by atoms with Crippen molar-refractivity contribution in [1.29, 1.82) is 0 Å². The molecule has 5 amide bonds. The lowest BCUT2D eigenvalue weighted by Gasteiger charge is -2.31. The number of fused-ring (bicyclic) bond motifs is 3. The van der Waals surface area contributed by atoms with Crippen LogP contribution in [0.15, 0.2) is 30.3 Å². The van der Waals surface area contributed by atoms with E-state index in [1.807, 2.05) is 0 Å². The summed E-state index contributed by atoms with van der Waals surface area (Å²) in [4.78, 5) is 54.6. The molecule has 204 valence electrons. The van der Waals surface area contributed by atoms with Crippen molar-refractivity contribution in [3.8, 4) is 0 Å². The van der Waals surface area contributed by atoms with Gasteiger partial charge in [-0.15, -0.1) is 0 Å². The molecule has 6 rings (SSSR count). The predicted octanol–water partition coefficient (Wildman–Crippen LogP) is 3.59. The Morgan fingerprint density at radius 1 is 1.08 bits per heavy atom. The summed E-state index contributed by atoms with van der Waals surface area (Å²) in [6.07, 6.45) is 3.07. The predicted molar refractivity (Wildman–Crippen MR) is 134 cm³/mol. The van der Waals surface area contributed by atoms with Crippen LogP contribution in [0, 0.1) is 17.6 Å². The zero-order valence-electron chi connectivity index (χ0n) is 21.4. The molecule has 0 radical (unpaired) electrons. The Morgan fingerprint density at radius 2 is 1.87 bits per heavy atom. The number of halogens is 2. The number of rotatable bonds is 4. The minimum atomic E-state index is -1.48. The monoisotopic (exact) mass is 538 g/mol. The number of ether oxygens (including phenoxy) is 1. The molecule has 9 nitrogen and oxygen atoms in total. The van der Waals surface area contributed by atoms with Crippen LogP contribution in [0.5, 0.6) is 0 Å². The minimum Gasteiger partial charge on any atom is -0.453 e. The lowest BCUT2D eigenvalue weighted by Crippen LogP contribution is -2.48. The number of imide groups is 1. The molecule has 2 atom stereocenters. The average molecular weight is 539 g/mol. The number of aryl methyl sites for hydroxylation is 2. The summed E-state index contributed by atoms with van der Waals surface area (Å²) < 4.78 is 33.3. The summed E-state index contributed by atoms with van der Waals surface area (Å²) in [6, 6.07) is 6.39. The Kier molecular flexibility index (Phi) is 6.04. The molecule has 11 heteroatoms. The van der Waals surface area contributed by atoms with Gasteiger partial charge in [-0.3, -0.25) is 19.8 Å². The first kappa shape index (κ1) is 25.3. The molecule has 1 saturated heterocycles. The largest absolute Gasteiger partial charge is 0.453 e. The molecule has 39 heavy (non-hydrogen) atoms. The van der Waals surface area contributed by atoms with Crippen LogP contribution < -0.4 is 10.6 Å². The lowest BCUT2D eigenvalue weighted by molar-refractivity contribution is -0.141. The fourth-order valence-electron chi connectivity index (χ4n) is 6.27. The normalized spacial score (nSPS) is 23.8. The highest BCUT2D eigenvalue weighted by molar-refractivity contribution is 6.10. The van der Waals surface area contributed by atoms with Crippen LogP contribution in [-0.2, 0) is 39.3 Å². The number of carbonyl (C=O) groups is 4. The summed E-state index contributed by atoms with van der Waals surface area (Å²) in [5.74, 6) is -1.70. The third-order valence-corrected chi connectivity index (χ3v) is 8.42. The molecule has 2 unspecified atom stereocenters. The van der Waals surface area contributed by atoms with Gasteiger partial charge < -0.3 is 15.0 Å². The van der Waals surface area contributed by atoms with Crippen LogP contribution in [0.3, 0.4) is 0 Å². The van der Waals surface area contributed by atoms with E-state index >= 15 is 0 Å². The van der Waals surface area contributed by atoms with Gasteiger partial charge in [0.05, 0.1) is 12.8 Å².